The molecule has 2 nitrogen and oxygen atoms in total. The molecule has 0 N–H and O–H groups in total. The third-order valence-electron chi connectivity index (χ3n) is 4.79. The lowest BCUT2D eigenvalue weighted by atomic mass is 9.71. The summed E-state index contributed by atoms with van der Waals surface area (Å²) < 4.78 is 0. The van der Waals surface area contributed by atoms with Crippen molar-refractivity contribution in [3.05, 3.63) is 0 Å². The van der Waals surface area contributed by atoms with E-state index in [1.807, 2.05) is 7.11 Å². The first kappa shape index (κ1) is 13.0. The van der Waals surface area contributed by atoms with Gasteiger partial charge < -0.3 is 4.84 Å². The highest BCUT2D eigenvalue weighted by atomic mass is 16.7. The molecule has 1 aliphatic rings. The molecule has 3 atom stereocenters. The quantitative estimate of drug-likeness (QED) is 0.710. The van der Waals surface area contributed by atoms with Gasteiger partial charge in [-0.3, -0.25) is 0 Å². The Kier molecular flexibility index (Phi) is 3.83. The first-order chi connectivity index (χ1) is 6.94. The molecule has 1 fully saturated rings. The molecule has 3 unspecified atom stereocenters. The summed E-state index contributed by atoms with van der Waals surface area (Å²) in [6.07, 6.45) is 4.86. The van der Waals surface area contributed by atoms with Gasteiger partial charge in [-0.05, 0) is 45.4 Å². The second-order valence-corrected chi connectivity index (χ2v) is 5.48. The van der Waals surface area contributed by atoms with Gasteiger partial charge in [-0.1, -0.05) is 20.8 Å². The van der Waals surface area contributed by atoms with Crippen LogP contribution in [-0.2, 0) is 4.84 Å². The molecule has 90 valence electrons. The van der Waals surface area contributed by atoms with Crippen LogP contribution in [0.15, 0.2) is 0 Å². The fraction of sp³-hybridized carbons (Fsp3) is 1.00. The number of hydrogen-bond donors (Lipinski definition) is 0. The van der Waals surface area contributed by atoms with Crippen molar-refractivity contribution in [2.45, 2.75) is 71.4 Å². The summed E-state index contributed by atoms with van der Waals surface area (Å²) in [5.74, 6) is 0.710. The monoisotopic (exact) mass is 213 g/mol. The smallest absolute Gasteiger partial charge is 0.0575 e. The average molecular weight is 213 g/mol. The van der Waals surface area contributed by atoms with E-state index in [9.17, 15) is 0 Å². The van der Waals surface area contributed by atoms with Crippen LogP contribution in [0.2, 0.25) is 0 Å². The van der Waals surface area contributed by atoms with E-state index in [4.69, 9.17) is 4.84 Å². The molecule has 0 aromatic rings. The minimum Gasteiger partial charge on any atom is -0.301 e. The van der Waals surface area contributed by atoms with Gasteiger partial charge in [0.25, 0.3) is 0 Å². The van der Waals surface area contributed by atoms with E-state index in [2.05, 4.69) is 39.7 Å². The van der Waals surface area contributed by atoms with Crippen molar-refractivity contribution in [1.82, 2.24) is 5.06 Å². The van der Waals surface area contributed by atoms with Crippen LogP contribution in [0.3, 0.4) is 0 Å². The topological polar surface area (TPSA) is 12.5 Å². The summed E-state index contributed by atoms with van der Waals surface area (Å²) in [7, 11) is 1.82. The fourth-order valence-corrected chi connectivity index (χ4v) is 3.00. The molecule has 0 bridgehead atoms. The highest BCUT2D eigenvalue weighted by molar-refractivity contribution is 4.99. The molecule has 1 aliphatic heterocycles. The minimum atomic E-state index is 0.192. The molecule has 0 amide bonds. The molecular weight excluding hydrogens is 186 g/mol. The van der Waals surface area contributed by atoms with Crippen molar-refractivity contribution in [3.8, 4) is 0 Å². The Bertz CT molecular complexity index is 219. The van der Waals surface area contributed by atoms with E-state index < -0.39 is 0 Å². The van der Waals surface area contributed by atoms with Gasteiger partial charge in [0, 0.05) is 11.1 Å². The molecule has 1 saturated heterocycles. The summed E-state index contributed by atoms with van der Waals surface area (Å²) >= 11 is 0. The lowest BCUT2D eigenvalue weighted by molar-refractivity contribution is -0.288. The highest BCUT2D eigenvalue weighted by Crippen LogP contribution is 2.45. The molecule has 0 aliphatic carbocycles. The van der Waals surface area contributed by atoms with Crippen molar-refractivity contribution in [3.63, 3.8) is 0 Å². The average Bonchev–Trinajstić information content (AvgIpc) is 2.25. The maximum atomic E-state index is 5.71. The van der Waals surface area contributed by atoms with Gasteiger partial charge in [-0.25, -0.2) is 0 Å². The molecule has 2 heteroatoms. The predicted molar refractivity (Wildman–Crippen MR) is 64.6 cm³/mol. The standard InChI is InChI=1S/C13H27NO/c1-7-12(4)10-9-11(3)13(5,8-2)14(12)15-6/h11H,7-10H2,1-6H3. The molecule has 0 spiro atoms. The van der Waals surface area contributed by atoms with Crippen LogP contribution in [0.25, 0.3) is 0 Å². The van der Waals surface area contributed by atoms with Crippen LogP contribution in [-0.4, -0.2) is 23.3 Å². The zero-order valence-electron chi connectivity index (χ0n) is 11.3. The van der Waals surface area contributed by atoms with Crippen molar-refractivity contribution in [2.24, 2.45) is 5.92 Å². The van der Waals surface area contributed by atoms with Gasteiger partial charge in [0.15, 0.2) is 0 Å². The summed E-state index contributed by atoms with van der Waals surface area (Å²) in [5, 5.41) is 2.27. The van der Waals surface area contributed by atoms with Crippen LogP contribution in [0, 0.1) is 5.92 Å². The predicted octanol–water partition coefficient (Wildman–Crippen LogP) is 3.62. The first-order valence-corrected chi connectivity index (χ1v) is 6.29. The van der Waals surface area contributed by atoms with E-state index in [0.29, 0.717) is 5.92 Å². The Balaban J connectivity index is 3.01. The number of hydrogen-bond acceptors (Lipinski definition) is 2. The van der Waals surface area contributed by atoms with E-state index in [1.54, 1.807) is 0 Å². The number of hydroxylamine groups is 2. The molecule has 0 aromatic carbocycles. The third-order valence-corrected chi connectivity index (χ3v) is 4.79. The van der Waals surface area contributed by atoms with Crippen LogP contribution in [0.4, 0.5) is 0 Å². The van der Waals surface area contributed by atoms with Gasteiger partial charge in [0.1, 0.15) is 0 Å². The van der Waals surface area contributed by atoms with E-state index >= 15 is 0 Å². The summed E-state index contributed by atoms with van der Waals surface area (Å²) in [6.45, 7) is 11.6. The van der Waals surface area contributed by atoms with Crippen LogP contribution in [0.1, 0.15) is 60.3 Å². The molecule has 15 heavy (non-hydrogen) atoms. The van der Waals surface area contributed by atoms with Crippen molar-refractivity contribution in [2.75, 3.05) is 7.11 Å². The Morgan fingerprint density at radius 2 is 1.87 bits per heavy atom. The lowest BCUT2D eigenvalue weighted by Gasteiger charge is -2.56. The van der Waals surface area contributed by atoms with E-state index in [-0.39, 0.29) is 11.1 Å². The Morgan fingerprint density at radius 1 is 1.27 bits per heavy atom. The van der Waals surface area contributed by atoms with Crippen LogP contribution < -0.4 is 0 Å². The van der Waals surface area contributed by atoms with Gasteiger partial charge in [0.05, 0.1) is 7.11 Å². The minimum absolute atomic E-state index is 0.192. The second kappa shape index (κ2) is 4.42. The maximum Gasteiger partial charge on any atom is 0.0575 e. The molecule has 0 aromatic heterocycles. The third kappa shape index (κ3) is 1.94. The van der Waals surface area contributed by atoms with Gasteiger partial charge in [-0.15, -0.1) is 0 Å². The summed E-state index contributed by atoms with van der Waals surface area (Å²) in [5.41, 5.74) is 0.407. The first-order valence-electron chi connectivity index (χ1n) is 6.29. The summed E-state index contributed by atoms with van der Waals surface area (Å²) in [4.78, 5) is 5.71. The van der Waals surface area contributed by atoms with E-state index in [0.717, 1.165) is 12.8 Å². The maximum absolute atomic E-state index is 5.71. The molecule has 1 heterocycles. The molecule has 1 rings (SSSR count). The fourth-order valence-electron chi connectivity index (χ4n) is 3.00. The number of nitrogens with zero attached hydrogens (tertiary/aromatic N) is 1. The molecular formula is C13H27NO. The number of piperidine rings is 1. The Hall–Kier alpha value is -0.0800. The molecule has 0 radical (unpaired) electrons. The van der Waals surface area contributed by atoms with Crippen LogP contribution >= 0.6 is 0 Å². The Labute approximate surface area is 94.9 Å². The summed E-state index contributed by atoms with van der Waals surface area (Å²) in [6, 6.07) is 0. The van der Waals surface area contributed by atoms with Crippen molar-refractivity contribution < 1.29 is 4.84 Å². The number of rotatable bonds is 3. The zero-order valence-corrected chi connectivity index (χ0v) is 11.3. The SMILES string of the molecule is CCC1(C)CCC(C)C(C)(CC)N1OC. The van der Waals surface area contributed by atoms with Crippen molar-refractivity contribution >= 4 is 0 Å². The van der Waals surface area contributed by atoms with Gasteiger partial charge in [-0.2, -0.15) is 5.06 Å². The second-order valence-electron chi connectivity index (χ2n) is 5.48. The largest absolute Gasteiger partial charge is 0.301 e. The van der Waals surface area contributed by atoms with Gasteiger partial charge in [0.2, 0.25) is 0 Å². The van der Waals surface area contributed by atoms with Gasteiger partial charge >= 0.3 is 0 Å². The molecule has 0 saturated carbocycles. The van der Waals surface area contributed by atoms with Crippen molar-refractivity contribution in [1.29, 1.82) is 0 Å². The normalized spacial score (nSPS) is 43.2. The lowest BCUT2D eigenvalue weighted by Crippen LogP contribution is -2.63. The van der Waals surface area contributed by atoms with Crippen LogP contribution in [0.5, 0.6) is 0 Å². The Morgan fingerprint density at radius 3 is 2.27 bits per heavy atom. The zero-order chi connectivity index (χ0) is 11.7. The highest BCUT2D eigenvalue weighted by Gasteiger charge is 2.49. The van der Waals surface area contributed by atoms with E-state index in [1.165, 1.54) is 12.8 Å².